The number of anilines is 1. The van der Waals surface area contributed by atoms with E-state index in [0.29, 0.717) is 37.6 Å². The van der Waals surface area contributed by atoms with Crippen molar-refractivity contribution in [1.82, 2.24) is 14.9 Å². The summed E-state index contributed by atoms with van der Waals surface area (Å²) >= 11 is 7.81. The first kappa shape index (κ1) is 25.5. The van der Waals surface area contributed by atoms with E-state index in [1.165, 1.54) is 11.1 Å². The van der Waals surface area contributed by atoms with Gasteiger partial charge in [0.25, 0.3) is 0 Å². The second-order valence-electron chi connectivity index (χ2n) is 6.14. The summed E-state index contributed by atoms with van der Waals surface area (Å²) in [6.45, 7) is 2.98. The van der Waals surface area contributed by atoms with Gasteiger partial charge < -0.3 is 20.4 Å². The molecule has 2 heterocycles. The lowest BCUT2D eigenvalue weighted by Crippen LogP contribution is -2.22. The van der Waals surface area contributed by atoms with Gasteiger partial charge in [-0.2, -0.15) is 0 Å². The molecule has 31 heavy (non-hydrogen) atoms. The van der Waals surface area contributed by atoms with Crippen LogP contribution in [-0.4, -0.2) is 42.8 Å². The van der Waals surface area contributed by atoms with Crippen LogP contribution in [0.25, 0.3) is 0 Å². The minimum Gasteiger partial charge on any atom is -0.383 e. The van der Waals surface area contributed by atoms with Crippen LogP contribution in [-0.2, 0) is 20.4 Å². The van der Waals surface area contributed by atoms with Gasteiger partial charge in [-0.05, 0) is 37.7 Å². The fourth-order valence-electron chi connectivity index (χ4n) is 2.36. The second-order valence-corrected chi connectivity index (χ2v) is 10.2. The van der Waals surface area contributed by atoms with Crippen LogP contribution >= 0.6 is 42.5 Å². The number of hydrogen-bond acceptors (Lipinski definition) is 9. The summed E-state index contributed by atoms with van der Waals surface area (Å²) in [7, 11) is -4.69. The largest absolute Gasteiger partial charge is 0.469 e. The molecule has 2 aromatic rings. The highest BCUT2D eigenvalue weighted by Gasteiger charge is 2.20. The third kappa shape index (κ3) is 8.00. The molecule has 0 spiro atoms. The number of aromatic nitrogens is 2. The van der Waals surface area contributed by atoms with E-state index in [4.69, 9.17) is 27.1 Å². The molecule has 2 aromatic heterocycles. The average Bonchev–Trinajstić information content (AvgIpc) is 3.11. The molecule has 14 heteroatoms. The maximum atomic E-state index is 12.6. The molecule has 0 aromatic carbocycles. The van der Waals surface area contributed by atoms with Crippen molar-refractivity contribution in [3.8, 4) is 0 Å². The van der Waals surface area contributed by atoms with Gasteiger partial charge >= 0.3 is 7.82 Å². The number of nitrogens with zero attached hydrogens (tertiary/aromatic N) is 3. The van der Waals surface area contributed by atoms with Gasteiger partial charge in [0, 0.05) is 28.8 Å². The van der Waals surface area contributed by atoms with Crippen LogP contribution in [0.4, 0.5) is 5.82 Å². The van der Waals surface area contributed by atoms with Gasteiger partial charge in [0.1, 0.15) is 11.6 Å². The zero-order valence-electron chi connectivity index (χ0n) is 16.5. The Morgan fingerprint density at radius 3 is 2.71 bits per heavy atom. The molecule has 0 radical (unpaired) electrons. The van der Waals surface area contributed by atoms with E-state index in [1.54, 1.807) is 26.0 Å². The Morgan fingerprint density at radius 2 is 2.16 bits per heavy atom. The van der Waals surface area contributed by atoms with E-state index < -0.39 is 7.82 Å². The first-order chi connectivity index (χ1) is 14.5. The van der Waals surface area contributed by atoms with Gasteiger partial charge in [-0.25, -0.2) is 14.5 Å². The number of nitrogens with two attached hydrogens (primary N) is 1. The van der Waals surface area contributed by atoms with Gasteiger partial charge in [-0.1, -0.05) is 11.6 Å². The maximum Gasteiger partial charge on any atom is 0.469 e. The molecule has 0 unspecified atom stereocenters. The summed E-state index contributed by atoms with van der Waals surface area (Å²) in [4.78, 5) is 52.5. The summed E-state index contributed by atoms with van der Waals surface area (Å²) in [5, 5.41) is -0.327. The van der Waals surface area contributed by atoms with E-state index in [-0.39, 0.29) is 30.5 Å². The maximum absolute atomic E-state index is 12.6. The monoisotopic (exact) mass is 506 g/mol. The number of amides is 1. The number of phosphoric acid groups is 1. The van der Waals surface area contributed by atoms with Crippen molar-refractivity contribution in [2.45, 2.75) is 26.8 Å². The molecule has 2 rings (SSSR count). The Balaban J connectivity index is 2.30. The molecular formula is C17H20ClN4O6PS2. The molecule has 0 bridgehead atoms. The number of carbonyl (C=O) groups excluding carboxylic acids is 2. The quantitative estimate of drug-likeness (QED) is 0.322. The van der Waals surface area contributed by atoms with E-state index in [9.17, 15) is 14.2 Å². The van der Waals surface area contributed by atoms with E-state index in [0.717, 1.165) is 23.1 Å². The van der Waals surface area contributed by atoms with Gasteiger partial charge in [-0.3, -0.25) is 14.1 Å². The normalized spacial score (nSPS) is 12.4. The third-order valence-electron chi connectivity index (χ3n) is 3.90. The highest BCUT2D eigenvalue weighted by Crippen LogP contribution is 2.38. The second kappa shape index (κ2) is 11.2. The number of thioether (sulfide) groups is 1. The fourth-order valence-corrected chi connectivity index (χ4v) is 4.66. The number of thiophene rings is 1. The topological polar surface area (TPSA) is 156 Å². The summed E-state index contributed by atoms with van der Waals surface area (Å²) in [5.74, 6) is 0.702. The lowest BCUT2D eigenvalue weighted by atomic mass is 10.2. The summed E-state index contributed by atoms with van der Waals surface area (Å²) in [6.07, 6.45) is 2.05. The molecule has 0 aliphatic rings. The Hall–Kier alpha value is -1.79. The molecule has 0 atom stereocenters. The van der Waals surface area contributed by atoms with Gasteiger partial charge in [-0.15, -0.1) is 11.3 Å². The summed E-state index contributed by atoms with van der Waals surface area (Å²) < 4.78 is 16.0. The Kier molecular flexibility index (Phi) is 9.19. The van der Waals surface area contributed by atoms with Crippen LogP contribution in [0, 0.1) is 6.92 Å². The Bertz CT molecular complexity index is 1040. The molecule has 4 N–H and O–H groups in total. The Labute approximate surface area is 191 Å². The van der Waals surface area contributed by atoms with Gasteiger partial charge in [0.15, 0.2) is 0 Å². The number of carbonyl (C=O) groups is 2. The molecule has 168 valence electrons. The summed E-state index contributed by atoms with van der Waals surface area (Å²) in [6, 6.07) is 3.16. The Morgan fingerprint density at radius 1 is 1.45 bits per heavy atom. The molecule has 1 amide bonds. The molecule has 0 fully saturated rings. The van der Waals surface area contributed by atoms with Crippen molar-refractivity contribution in [3.63, 3.8) is 0 Å². The lowest BCUT2D eigenvalue weighted by molar-refractivity contribution is -0.116. The van der Waals surface area contributed by atoms with Crippen LogP contribution < -0.4 is 5.73 Å². The van der Waals surface area contributed by atoms with Gasteiger partial charge in [0.05, 0.1) is 22.4 Å². The SMILES string of the molecule is CC(=C(CCOP(=O)(O)O)SC(=O)c1ccc(Cl)s1)N(C=O)Cc1cnc(C)nc1N. The fraction of sp³-hybridized carbons (Fsp3) is 0.294. The molecule has 10 nitrogen and oxygen atoms in total. The third-order valence-corrected chi connectivity index (χ3v) is 6.93. The van der Waals surface area contributed by atoms with Crippen molar-refractivity contribution in [1.29, 1.82) is 0 Å². The highest BCUT2D eigenvalue weighted by atomic mass is 35.5. The van der Waals surface area contributed by atoms with E-state index in [2.05, 4.69) is 14.5 Å². The molecule has 0 saturated heterocycles. The van der Waals surface area contributed by atoms with Crippen LogP contribution in [0.3, 0.4) is 0 Å². The van der Waals surface area contributed by atoms with Crippen LogP contribution in [0.1, 0.15) is 34.4 Å². The standard InChI is InChI=1S/C17H20ClN4O6PS2/c1-10(22(9-23)8-12-7-20-11(2)21-16(12)19)13(5-6-28-29(25,26)27)31-17(24)14-3-4-15(18)30-14/h3-4,7,9H,5-6,8H2,1-2H3,(H2,19,20,21)(H2,25,26,27). The van der Waals surface area contributed by atoms with Crippen molar-refractivity contribution in [2.75, 3.05) is 12.3 Å². The number of aryl methyl sites for hydroxylation is 1. The number of rotatable bonds is 10. The van der Waals surface area contributed by atoms with Crippen molar-refractivity contribution in [2.24, 2.45) is 0 Å². The number of halogens is 1. The number of allylic oxidation sites excluding steroid dienone is 1. The smallest absolute Gasteiger partial charge is 0.383 e. The zero-order chi connectivity index (χ0) is 23.2. The predicted molar refractivity (Wildman–Crippen MR) is 119 cm³/mol. The average molecular weight is 507 g/mol. The van der Waals surface area contributed by atoms with Crippen LogP contribution in [0.15, 0.2) is 28.9 Å². The first-order valence-electron chi connectivity index (χ1n) is 8.67. The molecule has 0 saturated carbocycles. The molecule has 0 aliphatic carbocycles. The van der Waals surface area contributed by atoms with Crippen LogP contribution in [0.5, 0.6) is 0 Å². The molecular weight excluding hydrogens is 487 g/mol. The minimum absolute atomic E-state index is 0.0172. The van der Waals surface area contributed by atoms with E-state index >= 15 is 0 Å². The number of nitrogen functional groups attached to an aromatic ring is 1. The minimum atomic E-state index is -4.69. The predicted octanol–water partition coefficient (Wildman–Crippen LogP) is 3.35. The van der Waals surface area contributed by atoms with Crippen molar-refractivity contribution >= 4 is 59.9 Å². The van der Waals surface area contributed by atoms with Crippen molar-refractivity contribution < 1.29 is 28.5 Å². The number of hydrogen-bond donors (Lipinski definition) is 3. The van der Waals surface area contributed by atoms with E-state index in [1.807, 2.05) is 0 Å². The highest BCUT2D eigenvalue weighted by molar-refractivity contribution is 8.17. The van der Waals surface area contributed by atoms with Crippen molar-refractivity contribution in [3.05, 3.63) is 49.5 Å². The summed E-state index contributed by atoms with van der Waals surface area (Å²) in [5.41, 5.74) is 6.80. The van der Waals surface area contributed by atoms with Gasteiger partial charge in [0.2, 0.25) is 11.5 Å². The first-order valence-corrected chi connectivity index (χ1v) is 12.2. The lowest BCUT2D eigenvalue weighted by Gasteiger charge is -2.22. The zero-order valence-corrected chi connectivity index (χ0v) is 19.8. The van der Waals surface area contributed by atoms with Crippen LogP contribution in [0.2, 0.25) is 4.34 Å². The molecule has 0 aliphatic heterocycles. The number of phosphoric ester groups is 1.